The van der Waals surface area contributed by atoms with Crippen molar-refractivity contribution >= 4 is 33.4 Å². The molecule has 1 aromatic rings. The van der Waals surface area contributed by atoms with Crippen LogP contribution < -0.4 is 5.32 Å². The Kier molecular flexibility index (Phi) is 9.12. The molecule has 2 amide bonds. The lowest BCUT2D eigenvalue weighted by molar-refractivity contribution is -0.133. The molecule has 1 atom stereocenters. The number of hydrogen-bond acceptors (Lipinski definition) is 4. The number of rotatable bonds is 9. The van der Waals surface area contributed by atoms with Crippen LogP contribution in [0.15, 0.2) is 23.1 Å². The van der Waals surface area contributed by atoms with E-state index in [0.717, 1.165) is 43.1 Å². The zero-order valence-corrected chi connectivity index (χ0v) is 19.6. The highest BCUT2D eigenvalue weighted by Gasteiger charge is 2.21. The molecule has 0 bridgehead atoms. The van der Waals surface area contributed by atoms with Crippen molar-refractivity contribution < 1.29 is 18.0 Å². The highest BCUT2D eigenvalue weighted by atomic mass is 35.5. The molecule has 9 heteroatoms. The number of nitrogens with one attached hydrogen (secondary N) is 1. The maximum absolute atomic E-state index is 12.4. The number of piperidine rings is 1. The van der Waals surface area contributed by atoms with Crippen LogP contribution in [-0.4, -0.2) is 63.2 Å². The minimum absolute atomic E-state index is 0.0209. The molecule has 1 aliphatic heterocycles. The molecule has 1 fully saturated rings. The summed E-state index contributed by atoms with van der Waals surface area (Å²) in [5.41, 5.74) is 0.133. The standard InChI is InChI=1S/C21H32ClN3O4S/c1-16-8-7-13-25(15-16)20(26)9-5-4-6-12-23-21(27)18-14-17(10-11-19(18)22)30(28,29)24(2)3/h10-11,14,16H,4-9,12-13,15H2,1-3H3,(H,23,27). The van der Waals surface area contributed by atoms with Crippen LogP contribution >= 0.6 is 11.6 Å². The predicted molar refractivity (Wildman–Crippen MR) is 118 cm³/mol. The molecule has 7 nitrogen and oxygen atoms in total. The summed E-state index contributed by atoms with van der Waals surface area (Å²) in [6.07, 6.45) is 5.17. The third kappa shape index (κ3) is 6.68. The lowest BCUT2D eigenvalue weighted by Gasteiger charge is -2.31. The maximum atomic E-state index is 12.4. The average molecular weight is 458 g/mol. The molecule has 1 aromatic carbocycles. The van der Waals surface area contributed by atoms with Gasteiger partial charge in [-0.15, -0.1) is 0 Å². The summed E-state index contributed by atoms with van der Waals surface area (Å²) in [7, 11) is -0.783. The average Bonchev–Trinajstić information content (AvgIpc) is 2.70. The summed E-state index contributed by atoms with van der Waals surface area (Å²) >= 11 is 6.09. The number of amides is 2. The quantitative estimate of drug-likeness (QED) is 0.577. The minimum atomic E-state index is -3.64. The van der Waals surface area contributed by atoms with Crippen LogP contribution in [0.25, 0.3) is 0 Å². The smallest absolute Gasteiger partial charge is 0.252 e. The molecule has 0 aliphatic carbocycles. The van der Waals surface area contributed by atoms with E-state index in [1.807, 2.05) is 4.90 Å². The van der Waals surface area contributed by atoms with Crippen molar-refractivity contribution in [3.8, 4) is 0 Å². The molecule has 0 spiro atoms. The second-order valence-electron chi connectivity index (χ2n) is 8.08. The number of hydrogen-bond donors (Lipinski definition) is 1. The molecular weight excluding hydrogens is 426 g/mol. The Labute approximate surface area is 184 Å². The molecule has 0 aromatic heterocycles. The zero-order chi connectivity index (χ0) is 22.3. The lowest BCUT2D eigenvalue weighted by Crippen LogP contribution is -2.38. The van der Waals surface area contributed by atoms with Gasteiger partial charge in [-0.05, 0) is 49.8 Å². The topological polar surface area (TPSA) is 86.8 Å². The van der Waals surface area contributed by atoms with Gasteiger partial charge in [-0.1, -0.05) is 24.9 Å². The lowest BCUT2D eigenvalue weighted by atomic mass is 10.00. The van der Waals surface area contributed by atoms with Crippen molar-refractivity contribution in [2.24, 2.45) is 5.92 Å². The molecule has 2 rings (SSSR count). The van der Waals surface area contributed by atoms with Crippen LogP contribution in [0.3, 0.4) is 0 Å². The number of halogens is 1. The predicted octanol–water partition coefficient (Wildman–Crippen LogP) is 3.14. The second kappa shape index (κ2) is 11.1. The highest BCUT2D eigenvalue weighted by molar-refractivity contribution is 7.89. The van der Waals surface area contributed by atoms with Gasteiger partial charge in [0, 0.05) is 40.2 Å². The zero-order valence-electron chi connectivity index (χ0n) is 18.0. The maximum Gasteiger partial charge on any atom is 0.252 e. The molecule has 0 saturated carbocycles. The van der Waals surface area contributed by atoms with Crippen molar-refractivity contribution in [1.29, 1.82) is 0 Å². The van der Waals surface area contributed by atoms with E-state index in [0.29, 0.717) is 18.9 Å². The van der Waals surface area contributed by atoms with Gasteiger partial charge in [0.05, 0.1) is 15.5 Å². The number of carbonyl (C=O) groups is 2. The second-order valence-corrected chi connectivity index (χ2v) is 10.6. The van der Waals surface area contributed by atoms with E-state index < -0.39 is 15.9 Å². The molecule has 1 aliphatic rings. The van der Waals surface area contributed by atoms with Gasteiger partial charge < -0.3 is 10.2 Å². The van der Waals surface area contributed by atoms with E-state index in [4.69, 9.17) is 11.6 Å². The van der Waals surface area contributed by atoms with Gasteiger partial charge in [0.25, 0.3) is 5.91 Å². The molecule has 1 unspecified atom stereocenters. The number of carbonyl (C=O) groups excluding carboxylic acids is 2. The Morgan fingerprint density at radius 1 is 1.23 bits per heavy atom. The van der Waals surface area contributed by atoms with Crippen molar-refractivity contribution in [3.05, 3.63) is 28.8 Å². The van der Waals surface area contributed by atoms with Gasteiger partial charge in [0.1, 0.15) is 0 Å². The van der Waals surface area contributed by atoms with E-state index in [9.17, 15) is 18.0 Å². The Balaban J connectivity index is 1.76. The third-order valence-electron chi connectivity index (χ3n) is 5.32. The first-order valence-corrected chi connectivity index (χ1v) is 12.2. The van der Waals surface area contributed by atoms with Crippen molar-refractivity contribution in [1.82, 2.24) is 14.5 Å². The number of sulfonamides is 1. The van der Waals surface area contributed by atoms with Crippen molar-refractivity contribution in [2.45, 2.75) is 50.3 Å². The molecule has 1 N–H and O–H groups in total. The number of nitrogens with zero attached hydrogens (tertiary/aromatic N) is 2. The molecule has 30 heavy (non-hydrogen) atoms. The van der Waals surface area contributed by atoms with Gasteiger partial charge in [-0.3, -0.25) is 9.59 Å². The number of unbranched alkanes of at least 4 members (excludes halogenated alkanes) is 2. The fraction of sp³-hybridized carbons (Fsp3) is 0.619. The Hall–Kier alpha value is -1.64. The molecular formula is C21H32ClN3O4S. The highest BCUT2D eigenvalue weighted by Crippen LogP contribution is 2.22. The van der Waals surface area contributed by atoms with Crippen molar-refractivity contribution in [3.63, 3.8) is 0 Å². The number of benzene rings is 1. The SMILES string of the molecule is CC1CCCN(C(=O)CCCCCNC(=O)c2cc(S(=O)(=O)N(C)C)ccc2Cl)C1. The van der Waals surface area contributed by atoms with Gasteiger partial charge in [-0.25, -0.2) is 12.7 Å². The Morgan fingerprint density at radius 3 is 2.63 bits per heavy atom. The fourth-order valence-corrected chi connectivity index (χ4v) is 4.63. The Bertz CT molecular complexity index is 858. The number of likely N-dealkylation sites (tertiary alicyclic amines) is 1. The van der Waals surface area contributed by atoms with Crippen LogP contribution in [0.4, 0.5) is 0 Å². The normalized spacial score (nSPS) is 17.2. The molecule has 1 heterocycles. The van der Waals surface area contributed by atoms with E-state index in [1.54, 1.807) is 0 Å². The summed E-state index contributed by atoms with van der Waals surface area (Å²) in [5.74, 6) is 0.390. The van der Waals surface area contributed by atoms with E-state index in [-0.39, 0.29) is 21.4 Å². The summed E-state index contributed by atoms with van der Waals surface area (Å²) < 4.78 is 25.6. The van der Waals surface area contributed by atoms with Crippen LogP contribution in [-0.2, 0) is 14.8 Å². The summed E-state index contributed by atoms with van der Waals surface area (Å²) in [4.78, 5) is 26.7. The largest absolute Gasteiger partial charge is 0.352 e. The molecule has 0 radical (unpaired) electrons. The molecule has 168 valence electrons. The van der Waals surface area contributed by atoms with Gasteiger partial charge in [0.15, 0.2) is 0 Å². The van der Waals surface area contributed by atoms with Crippen LogP contribution in [0.5, 0.6) is 0 Å². The van der Waals surface area contributed by atoms with E-state index in [2.05, 4.69) is 12.2 Å². The van der Waals surface area contributed by atoms with Crippen LogP contribution in [0.2, 0.25) is 5.02 Å². The summed E-state index contributed by atoms with van der Waals surface area (Å²) in [6, 6.07) is 4.10. The van der Waals surface area contributed by atoms with Crippen LogP contribution in [0.1, 0.15) is 55.8 Å². The fourth-order valence-electron chi connectivity index (χ4n) is 3.50. The van der Waals surface area contributed by atoms with Gasteiger partial charge >= 0.3 is 0 Å². The summed E-state index contributed by atoms with van der Waals surface area (Å²) in [5, 5.41) is 2.98. The molecule has 1 saturated heterocycles. The van der Waals surface area contributed by atoms with E-state index >= 15 is 0 Å². The van der Waals surface area contributed by atoms with Crippen LogP contribution in [0, 0.1) is 5.92 Å². The van der Waals surface area contributed by atoms with Gasteiger partial charge in [-0.2, -0.15) is 0 Å². The minimum Gasteiger partial charge on any atom is -0.352 e. The first kappa shape index (κ1) is 24.6. The Morgan fingerprint density at radius 2 is 1.97 bits per heavy atom. The summed E-state index contributed by atoms with van der Waals surface area (Å²) in [6.45, 7) is 4.34. The van der Waals surface area contributed by atoms with E-state index in [1.165, 1.54) is 38.7 Å². The first-order chi connectivity index (χ1) is 14.1. The van der Waals surface area contributed by atoms with Crippen molar-refractivity contribution in [2.75, 3.05) is 33.7 Å². The monoisotopic (exact) mass is 457 g/mol. The first-order valence-electron chi connectivity index (χ1n) is 10.4. The third-order valence-corrected chi connectivity index (χ3v) is 7.46. The van der Waals surface area contributed by atoms with Gasteiger partial charge in [0.2, 0.25) is 15.9 Å².